The zero-order valence-corrected chi connectivity index (χ0v) is 18.6. The van der Waals surface area contributed by atoms with Crippen molar-refractivity contribution in [2.24, 2.45) is 7.05 Å². The highest BCUT2D eigenvalue weighted by Gasteiger charge is 2.20. The van der Waals surface area contributed by atoms with Crippen molar-refractivity contribution < 1.29 is 0 Å². The van der Waals surface area contributed by atoms with E-state index in [-0.39, 0.29) is 0 Å². The molecule has 1 saturated heterocycles. The monoisotopic (exact) mass is 427 g/mol. The van der Waals surface area contributed by atoms with Crippen molar-refractivity contribution in [2.45, 2.75) is 32.4 Å². The maximum atomic E-state index is 4.76. The van der Waals surface area contributed by atoms with Crippen LogP contribution in [-0.4, -0.2) is 43.6 Å². The minimum atomic E-state index is 0.416. The molecule has 0 bridgehead atoms. The Kier molecular flexibility index (Phi) is 5.73. The third kappa shape index (κ3) is 4.43. The van der Waals surface area contributed by atoms with Crippen molar-refractivity contribution in [3.8, 4) is 0 Å². The highest BCUT2D eigenvalue weighted by molar-refractivity contribution is 5.79. The van der Waals surface area contributed by atoms with Gasteiger partial charge in [0.05, 0.1) is 11.0 Å². The van der Waals surface area contributed by atoms with Crippen LogP contribution >= 0.6 is 0 Å². The van der Waals surface area contributed by atoms with Crippen LogP contribution in [0.1, 0.15) is 24.0 Å². The van der Waals surface area contributed by atoms with Crippen molar-refractivity contribution >= 4 is 28.7 Å². The molecule has 164 valence electrons. The summed E-state index contributed by atoms with van der Waals surface area (Å²) in [4.78, 5) is 16.4. The first-order valence-electron chi connectivity index (χ1n) is 11.2. The van der Waals surface area contributed by atoms with Crippen molar-refractivity contribution in [3.05, 3.63) is 71.9 Å². The number of hydrogen-bond acceptors (Lipinski definition) is 6. The van der Waals surface area contributed by atoms with Crippen LogP contribution in [0.3, 0.4) is 0 Å². The number of piperidine rings is 1. The zero-order chi connectivity index (χ0) is 21.9. The minimum absolute atomic E-state index is 0.416. The van der Waals surface area contributed by atoms with Gasteiger partial charge in [0.25, 0.3) is 0 Å². The number of nitrogens with one attached hydrogen (secondary N) is 2. The van der Waals surface area contributed by atoms with Crippen LogP contribution in [0, 0.1) is 6.92 Å². The highest BCUT2D eigenvalue weighted by atomic mass is 15.3. The van der Waals surface area contributed by atoms with Gasteiger partial charge in [0, 0.05) is 44.5 Å². The van der Waals surface area contributed by atoms with Crippen LogP contribution in [0.5, 0.6) is 0 Å². The molecule has 1 fully saturated rings. The predicted octanol–water partition coefficient (Wildman–Crippen LogP) is 4.49. The second-order valence-corrected chi connectivity index (χ2v) is 8.51. The molecule has 4 aromatic rings. The molecule has 7 nitrogen and oxygen atoms in total. The zero-order valence-electron chi connectivity index (χ0n) is 18.6. The summed E-state index contributed by atoms with van der Waals surface area (Å²) in [7, 11) is 1.99. The second kappa shape index (κ2) is 8.96. The number of rotatable bonds is 6. The summed E-state index contributed by atoms with van der Waals surface area (Å²) in [5.74, 6) is 2.18. The number of hydrogen-bond donors (Lipinski definition) is 2. The lowest BCUT2D eigenvalue weighted by Crippen LogP contribution is -2.38. The highest BCUT2D eigenvalue weighted by Crippen LogP contribution is 2.23. The summed E-state index contributed by atoms with van der Waals surface area (Å²) < 4.78 is 2.02. The Morgan fingerprint density at radius 2 is 1.72 bits per heavy atom. The van der Waals surface area contributed by atoms with E-state index < -0.39 is 0 Å². The standard InChI is InChI=1S/C25H29N7/c1-18-16-26-24(30-25-28-21-10-6-7-11-22(21)31(25)2)29-23(18)27-20-12-14-32(15-13-20)17-19-8-4-3-5-9-19/h3-11,16,20H,12-15,17H2,1-2H3,(H2,26,27,28,29,30). The molecule has 2 N–H and O–H groups in total. The molecular weight excluding hydrogens is 398 g/mol. The Labute approximate surface area is 188 Å². The summed E-state index contributed by atoms with van der Waals surface area (Å²) in [6, 6.07) is 19.2. The van der Waals surface area contributed by atoms with Gasteiger partial charge >= 0.3 is 0 Å². The molecule has 0 spiro atoms. The van der Waals surface area contributed by atoms with E-state index in [4.69, 9.17) is 4.98 Å². The molecule has 1 aliphatic rings. The molecule has 32 heavy (non-hydrogen) atoms. The van der Waals surface area contributed by atoms with Crippen molar-refractivity contribution in [2.75, 3.05) is 23.7 Å². The van der Waals surface area contributed by atoms with Gasteiger partial charge in [0.2, 0.25) is 11.9 Å². The van der Waals surface area contributed by atoms with Crippen LogP contribution in [0.2, 0.25) is 0 Å². The number of anilines is 3. The lowest BCUT2D eigenvalue weighted by molar-refractivity contribution is 0.211. The van der Waals surface area contributed by atoms with Gasteiger partial charge in [-0.05, 0) is 37.5 Å². The summed E-state index contributed by atoms with van der Waals surface area (Å²) in [6.45, 7) is 5.24. The largest absolute Gasteiger partial charge is 0.367 e. The van der Waals surface area contributed by atoms with Crippen molar-refractivity contribution in [1.82, 2.24) is 24.4 Å². The average Bonchev–Trinajstić information content (AvgIpc) is 3.13. The van der Waals surface area contributed by atoms with Gasteiger partial charge in [-0.3, -0.25) is 10.2 Å². The molecular formula is C25H29N7. The number of aromatic nitrogens is 4. The summed E-state index contributed by atoms with van der Waals surface area (Å²) >= 11 is 0. The van der Waals surface area contributed by atoms with Gasteiger partial charge in [-0.2, -0.15) is 4.98 Å². The van der Waals surface area contributed by atoms with E-state index in [0.717, 1.165) is 60.8 Å². The number of nitrogens with zero attached hydrogens (tertiary/aromatic N) is 5. The van der Waals surface area contributed by atoms with Crippen LogP contribution in [0.4, 0.5) is 17.7 Å². The maximum absolute atomic E-state index is 4.76. The number of para-hydroxylation sites is 2. The molecule has 5 rings (SSSR count). The Morgan fingerprint density at radius 1 is 0.969 bits per heavy atom. The van der Waals surface area contributed by atoms with Gasteiger partial charge in [0.15, 0.2) is 0 Å². The predicted molar refractivity (Wildman–Crippen MR) is 129 cm³/mol. The second-order valence-electron chi connectivity index (χ2n) is 8.51. The third-order valence-corrected chi connectivity index (χ3v) is 6.16. The maximum Gasteiger partial charge on any atom is 0.231 e. The normalized spacial score (nSPS) is 15.2. The van der Waals surface area contributed by atoms with E-state index >= 15 is 0 Å². The van der Waals surface area contributed by atoms with Gasteiger partial charge in [-0.15, -0.1) is 0 Å². The Hall–Kier alpha value is -3.45. The summed E-state index contributed by atoms with van der Waals surface area (Å²) in [5, 5.41) is 6.94. The summed E-state index contributed by atoms with van der Waals surface area (Å²) in [5.41, 5.74) is 4.45. The molecule has 0 amide bonds. The molecule has 0 unspecified atom stereocenters. The number of imidazole rings is 1. The Bertz CT molecular complexity index is 1190. The number of fused-ring (bicyclic) bond motifs is 1. The SMILES string of the molecule is Cc1cnc(Nc2nc3ccccc3n2C)nc1NC1CCN(Cc2ccccc2)CC1. The van der Waals surface area contributed by atoms with Crippen LogP contribution in [0.25, 0.3) is 11.0 Å². The number of aryl methyl sites for hydroxylation is 2. The fourth-order valence-electron chi connectivity index (χ4n) is 4.28. The Morgan fingerprint density at radius 3 is 2.50 bits per heavy atom. The first-order valence-corrected chi connectivity index (χ1v) is 11.2. The molecule has 0 atom stereocenters. The molecule has 0 saturated carbocycles. The first kappa shape index (κ1) is 20.5. The van der Waals surface area contributed by atoms with Gasteiger partial charge in [0.1, 0.15) is 5.82 Å². The quantitative estimate of drug-likeness (QED) is 0.472. The Balaban J connectivity index is 1.23. The van der Waals surface area contributed by atoms with Crippen molar-refractivity contribution in [1.29, 1.82) is 0 Å². The smallest absolute Gasteiger partial charge is 0.231 e. The van der Waals surface area contributed by atoms with Crippen LogP contribution in [-0.2, 0) is 13.6 Å². The molecule has 1 aliphatic heterocycles. The molecule has 3 heterocycles. The van der Waals surface area contributed by atoms with E-state index in [2.05, 4.69) is 61.9 Å². The fourth-order valence-corrected chi connectivity index (χ4v) is 4.28. The first-order chi connectivity index (χ1) is 15.7. The lowest BCUT2D eigenvalue weighted by Gasteiger charge is -2.32. The van der Waals surface area contributed by atoms with E-state index in [0.29, 0.717) is 12.0 Å². The fraction of sp³-hybridized carbons (Fsp3) is 0.320. The average molecular weight is 428 g/mol. The van der Waals surface area contributed by atoms with E-state index in [1.807, 2.05) is 42.9 Å². The molecule has 0 aliphatic carbocycles. The molecule has 2 aromatic heterocycles. The van der Waals surface area contributed by atoms with E-state index in [1.165, 1.54) is 5.56 Å². The van der Waals surface area contributed by atoms with E-state index in [9.17, 15) is 0 Å². The topological polar surface area (TPSA) is 70.9 Å². The lowest BCUT2D eigenvalue weighted by atomic mass is 10.0. The molecule has 0 radical (unpaired) electrons. The van der Waals surface area contributed by atoms with Gasteiger partial charge < -0.3 is 9.88 Å². The van der Waals surface area contributed by atoms with E-state index in [1.54, 1.807) is 0 Å². The molecule has 7 heteroatoms. The van der Waals surface area contributed by atoms with Gasteiger partial charge in [-0.1, -0.05) is 42.5 Å². The number of likely N-dealkylation sites (tertiary alicyclic amines) is 1. The summed E-state index contributed by atoms with van der Waals surface area (Å²) in [6.07, 6.45) is 4.07. The molecule has 2 aromatic carbocycles. The van der Waals surface area contributed by atoms with Crippen LogP contribution < -0.4 is 10.6 Å². The minimum Gasteiger partial charge on any atom is -0.367 e. The van der Waals surface area contributed by atoms with Gasteiger partial charge in [-0.25, -0.2) is 9.97 Å². The number of benzene rings is 2. The third-order valence-electron chi connectivity index (χ3n) is 6.16. The van der Waals surface area contributed by atoms with Crippen LogP contribution in [0.15, 0.2) is 60.8 Å². The van der Waals surface area contributed by atoms with Crippen molar-refractivity contribution in [3.63, 3.8) is 0 Å².